The van der Waals surface area contributed by atoms with E-state index in [0.717, 1.165) is 53.8 Å². The number of hydrogen-bond acceptors (Lipinski definition) is 3. The van der Waals surface area contributed by atoms with Gasteiger partial charge >= 0.3 is 0 Å². The molecule has 17 aromatic rings. The minimum atomic E-state index is 0.783. The molecule has 72 heavy (non-hydrogen) atoms. The van der Waals surface area contributed by atoms with Crippen LogP contribution in [0, 0.1) is 0 Å². The second-order valence-corrected chi connectivity index (χ2v) is 19.9. The van der Waals surface area contributed by atoms with Gasteiger partial charge in [-0.3, -0.25) is 17.6 Å². The lowest BCUT2D eigenvalue weighted by Gasteiger charge is -2.10. The highest BCUT2D eigenvalue weighted by atomic mass is 79.9. The van der Waals surface area contributed by atoms with E-state index in [2.05, 4.69) is 230 Å². The maximum absolute atomic E-state index is 6.31. The third-order valence-electron chi connectivity index (χ3n) is 14.4. The number of rotatable bonds is 2. The summed E-state index contributed by atoms with van der Waals surface area (Å²) in [6.45, 7) is 0. The molecule has 0 spiro atoms. The number of nitrogens with two attached hydrogens (primary N) is 1. The largest absolute Gasteiger partial charge is 0.397 e. The van der Waals surface area contributed by atoms with Crippen molar-refractivity contribution >= 4 is 148 Å². The zero-order valence-electron chi connectivity index (χ0n) is 38.2. The van der Waals surface area contributed by atoms with Gasteiger partial charge in [0, 0.05) is 41.3 Å². The number of imidazole rings is 4. The van der Waals surface area contributed by atoms with Crippen molar-refractivity contribution in [3.05, 3.63) is 227 Å². The second kappa shape index (κ2) is 15.7. The molecule has 0 atom stereocenters. The summed E-state index contributed by atoms with van der Waals surface area (Å²) in [5.74, 6) is 1.88. The Hall–Kier alpha value is -8.70. The van der Waals surface area contributed by atoms with E-state index in [1.807, 2.05) is 42.5 Å². The Morgan fingerprint density at radius 1 is 0.306 bits per heavy atom. The zero-order chi connectivity index (χ0) is 47.8. The first-order valence-corrected chi connectivity index (χ1v) is 25.4. The van der Waals surface area contributed by atoms with E-state index in [4.69, 9.17) is 15.7 Å². The van der Waals surface area contributed by atoms with Crippen LogP contribution in [0.4, 0.5) is 5.69 Å². The highest BCUT2D eigenvalue weighted by Crippen LogP contribution is 2.42. The molecule has 7 aromatic heterocycles. The number of anilines is 1. The van der Waals surface area contributed by atoms with Crippen molar-refractivity contribution in [2.75, 3.05) is 5.73 Å². The van der Waals surface area contributed by atoms with Crippen LogP contribution in [0.1, 0.15) is 0 Å². The molecule has 0 aliphatic carbocycles. The van der Waals surface area contributed by atoms with Crippen molar-refractivity contribution in [2.24, 2.45) is 0 Å². The average Bonchev–Trinajstić information content (AvgIpc) is 4.29. The van der Waals surface area contributed by atoms with Crippen molar-refractivity contribution < 1.29 is 0 Å². The first kappa shape index (κ1) is 41.1. The number of nitrogens with zero attached hydrogens (tertiary/aromatic N) is 7. The summed E-state index contributed by atoms with van der Waals surface area (Å²) in [4.78, 5) is 9.99. The van der Waals surface area contributed by atoms with Crippen molar-refractivity contribution in [1.29, 1.82) is 0 Å². The molecule has 7 heterocycles. The Morgan fingerprint density at radius 3 is 1.21 bits per heavy atom. The van der Waals surface area contributed by atoms with Gasteiger partial charge in [-0.2, -0.15) is 0 Å². The van der Waals surface area contributed by atoms with Crippen LogP contribution in [0.3, 0.4) is 0 Å². The number of fused-ring (bicyclic) bond motifs is 19. The molecule has 0 aliphatic heterocycles. The molecule has 10 heteroatoms. The Bertz CT molecular complexity index is 4900. The normalized spacial score (nSPS) is 12.1. The summed E-state index contributed by atoms with van der Waals surface area (Å²) in [6, 6.07) is 76.3. The third-order valence-corrected chi connectivity index (χ3v) is 15.8. The molecule has 0 aliphatic rings. The predicted molar refractivity (Wildman–Crippen MR) is 306 cm³/mol. The van der Waals surface area contributed by atoms with Crippen molar-refractivity contribution in [1.82, 2.24) is 32.1 Å². The second-order valence-electron chi connectivity index (χ2n) is 18.2. The van der Waals surface area contributed by atoms with Crippen molar-refractivity contribution in [3.63, 3.8) is 0 Å². The van der Waals surface area contributed by atoms with E-state index >= 15 is 0 Å². The highest BCUT2D eigenvalue weighted by Gasteiger charge is 2.25. The molecule has 0 amide bonds. The molecule has 0 saturated heterocycles. The van der Waals surface area contributed by atoms with E-state index < -0.39 is 0 Å². The van der Waals surface area contributed by atoms with Crippen molar-refractivity contribution in [2.45, 2.75) is 0 Å². The molecule has 2 N–H and O–H groups in total. The van der Waals surface area contributed by atoms with Gasteiger partial charge in [-0.15, -0.1) is 0 Å². The quantitative estimate of drug-likeness (QED) is 0.175. The lowest BCUT2D eigenvalue weighted by molar-refractivity contribution is 1.16. The van der Waals surface area contributed by atoms with Gasteiger partial charge < -0.3 is 10.3 Å². The van der Waals surface area contributed by atoms with Gasteiger partial charge in [0.15, 0.2) is 0 Å². The molecule has 0 fully saturated rings. The summed E-state index contributed by atoms with van der Waals surface area (Å²) in [7, 11) is 0. The van der Waals surface area contributed by atoms with Gasteiger partial charge in [0.25, 0.3) is 0 Å². The van der Waals surface area contributed by atoms with Gasteiger partial charge in [-0.05, 0) is 83.9 Å². The molecule has 0 unspecified atom stereocenters. The van der Waals surface area contributed by atoms with Crippen LogP contribution in [-0.2, 0) is 0 Å². The summed E-state index contributed by atoms with van der Waals surface area (Å²) < 4.78 is 13.8. The number of nitrogen functional groups attached to an aromatic ring is 1. The van der Waals surface area contributed by atoms with Crippen molar-refractivity contribution in [3.8, 4) is 16.8 Å². The molecule has 17 rings (SSSR count). The molecular formula is C62H38Br2N8. The molecule has 0 saturated carbocycles. The monoisotopic (exact) mass is 1050 g/mol. The number of benzene rings is 10. The summed E-state index contributed by atoms with van der Waals surface area (Å²) in [5, 5.41) is 7.45. The van der Waals surface area contributed by atoms with Crippen LogP contribution in [0.25, 0.3) is 127 Å². The summed E-state index contributed by atoms with van der Waals surface area (Å²) >= 11 is 7.09. The topological polar surface area (TPSA) is 74.4 Å². The zero-order valence-corrected chi connectivity index (χ0v) is 41.4. The van der Waals surface area contributed by atoms with Crippen LogP contribution in [0.15, 0.2) is 227 Å². The third kappa shape index (κ3) is 5.73. The van der Waals surface area contributed by atoms with E-state index in [0.29, 0.717) is 0 Å². The fraction of sp³-hybridized carbons (Fsp3) is 0. The first-order valence-electron chi connectivity index (χ1n) is 23.9. The lowest BCUT2D eigenvalue weighted by atomic mass is 10.1. The van der Waals surface area contributed by atoms with Gasteiger partial charge in [-0.1, -0.05) is 177 Å². The molecular weight excluding hydrogens is 1020 g/mol. The maximum Gasteiger partial charge on any atom is 0.220 e. The van der Waals surface area contributed by atoms with E-state index in [-0.39, 0.29) is 0 Å². The highest BCUT2D eigenvalue weighted by molar-refractivity contribution is 9.11. The average molecular weight is 1050 g/mol. The SMILES string of the molecule is Brc1ccccc1-c1ccccc1Br.Nc1cccc2c3cccc4c3n(c12)c1nc2ccccc2n41.c1ccc2c(c1)nc1n2c2cccc3c4cccc(-n5c6ccccc6c6ccccc65)c4n1c32. The van der Waals surface area contributed by atoms with Gasteiger partial charge in [0.2, 0.25) is 11.6 Å². The summed E-state index contributed by atoms with van der Waals surface area (Å²) in [6.07, 6.45) is 0. The Morgan fingerprint density at radius 2 is 0.681 bits per heavy atom. The predicted octanol–water partition coefficient (Wildman–Crippen LogP) is 16.5. The fourth-order valence-electron chi connectivity index (χ4n) is 11.5. The van der Waals surface area contributed by atoms with Crippen LogP contribution in [0.5, 0.6) is 0 Å². The van der Waals surface area contributed by atoms with Crippen LogP contribution in [0.2, 0.25) is 0 Å². The summed E-state index contributed by atoms with van der Waals surface area (Å²) in [5.41, 5.74) is 24.4. The smallest absolute Gasteiger partial charge is 0.220 e. The molecule has 10 aromatic carbocycles. The molecule has 340 valence electrons. The Labute approximate surface area is 426 Å². The lowest BCUT2D eigenvalue weighted by Crippen LogP contribution is -1.97. The number of hydrogen-bond donors (Lipinski definition) is 1. The molecule has 0 bridgehead atoms. The Balaban J connectivity index is 0.000000107. The van der Waals surface area contributed by atoms with Gasteiger partial charge in [0.05, 0.1) is 77.6 Å². The van der Waals surface area contributed by atoms with Crippen LogP contribution >= 0.6 is 31.9 Å². The van der Waals surface area contributed by atoms with Crippen LogP contribution in [-0.4, -0.2) is 32.1 Å². The number of para-hydroxylation sites is 10. The molecule has 0 radical (unpaired) electrons. The number of aromatic nitrogens is 7. The maximum atomic E-state index is 6.31. The number of halogens is 2. The standard InChI is InChI=1S/C31H18N4.C19H12N4.C12H8Br2/c1-4-14-24-19(9-1)20-10-2-5-15-25(20)33(24)27-17-7-11-21-22-12-8-18-28-30(22)35(29(21)27)31-32-23-13-3-6-16-26(23)34(28)31;20-13-7-3-5-11-12-6-4-10-16-18(12)23(17(11)13)19-21-14-8-1-2-9-15(14)22(16)19;13-11-7-3-1-5-9(11)10-6-2-4-8-12(10)14/h1-18H;1-10H,20H2;1-8H. The van der Waals surface area contributed by atoms with Crippen LogP contribution < -0.4 is 5.73 Å². The van der Waals surface area contributed by atoms with Gasteiger partial charge in [0.1, 0.15) is 0 Å². The minimum Gasteiger partial charge on any atom is -0.397 e. The van der Waals surface area contributed by atoms with E-state index in [1.165, 1.54) is 87.7 Å². The first-order chi connectivity index (χ1) is 35.5. The van der Waals surface area contributed by atoms with E-state index in [1.54, 1.807) is 0 Å². The Kier molecular flexibility index (Phi) is 8.94. The fourth-order valence-corrected chi connectivity index (χ4v) is 12.5. The van der Waals surface area contributed by atoms with Gasteiger partial charge in [-0.25, -0.2) is 9.97 Å². The molecule has 8 nitrogen and oxygen atoms in total. The minimum absolute atomic E-state index is 0.783. The van der Waals surface area contributed by atoms with E-state index in [9.17, 15) is 0 Å².